The molecule has 0 radical (unpaired) electrons. The molecule has 3 heterocycles. The first-order valence-corrected chi connectivity index (χ1v) is 12.7. The number of amides is 2. The molecule has 2 saturated carbocycles. The summed E-state index contributed by atoms with van der Waals surface area (Å²) >= 11 is 2.80. The number of rotatable bonds is 4. The number of likely N-dealkylation sites (tertiary alicyclic amines) is 1. The number of nitrogens with zero attached hydrogens (tertiary/aromatic N) is 1. The number of ether oxygens (including phenoxy) is 1. The van der Waals surface area contributed by atoms with Crippen molar-refractivity contribution in [1.29, 1.82) is 0 Å². The maximum atomic E-state index is 13.4. The Bertz CT molecular complexity index is 1250. The Morgan fingerprint density at radius 3 is 2.58 bits per heavy atom. The van der Waals surface area contributed by atoms with Crippen molar-refractivity contribution in [3.05, 3.63) is 44.4 Å². The van der Waals surface area contributed by atoms with Gasteiger partial charge >= 0.3 is 10.8 Å². The van der Waals surface area contributed by atoms with E-state index in [-0.39, 0.29) is 45.6 Å². The summed E-state index contributed by atoms with van der Waals surface area (Å²) < 4.78 is 5.66. The second-order valence-electron chi connectivity index (χ2n) is 9.26. The molecule has 2 aromatic rings. The van der Waals surface area contributed by atoms with Crippen LogP contribution in [0.25, 0.3) is 0 Å². The van der Waals surface area contributed by atoms with Gasteiger partial charge in [0, 0.05) is 21.6 Å². The highest BCUT2D eigenvalue weighted by molar-refractivity contribution is 8.00. The first kappa shape index (κ1) is 21.0. The van der Waals surface area contributed by atoms with Crippen molar-refractivity contribution >= 4 is 40.9 Å². The van der Waals surface area contributed by atoms with Gasteiger partial charge < -0.3 is 14.8 Å². The van der Waals surface area contributed by atoms with E-state index in [1.54, 1.807) is 18.9 Å². The Kier molecular flexibility index (Phi) is 4.58. The molecular weight excluding hydrogens is 464 g/mol. The first-order valence-electron chi connectivity index (χ1n) is 11.0. The van der Waals surface area contributed by atoms with E-state index in [9.17, 15) is 24.3 Å². The molecule has 2 aliphatic heterocycles. The number of aromatic amines is 1. The number of benzene rings is 1. The van der Waals surface area contributed by atoms with Crippen LogP contribution in [0.2, 0.25) is 0 Å². The van der Waals surface area contributed by atoms with Crippen LogP contribution in [0.5, 0.6) is 5.75 Å². The summed E-state index contributed by atoms with van der Waals surface area (Å²) in [6.07, 6.45) is 0.759. The predicted molar refractivity (Wildman–Crippen MR) is 120 cm³/mol. The largest absolute Gasteiger partial charge is 0.496 e. The molecule has 8 atom stereocenters. The number of H-pyrrole nitrogens is 1. The lowest BCUT2D eigenvalue weighted by Gasteiger charge is -2.43. The maximum Gasteiger partial charge on any atom is 0.326 e. The van der Waals surface area contributed by atoms with Crippen LogP contribution in [0.15, 0.2) is 34.1 Å². The van der Waals surface area contributed by atoms with Gasteiger partial charge in [-0.25, -0.2) is 4.79 Å². The molecule has 2 aliphatic carbocycles. The van der Waals surface area contributed by atoms with Gasteiger partial charge in [-0.15, -0.1) is 11.8 Å². The number of imide groups is 1. The molecule has 172 valence electrons. The predicted octanol–water partition coefficient (Wildman–Crippen LogP) is 2.39. The fourth-order valence-electron chi connectivity index (χ4n) is 6.80. The molecule has 1 saturated heterocycles. The lowest BCUT2D eigenvalue weighted by Crippen LogP contribution is -2.44. The number of hydrogen-bond donors (Lipinski definition) is 2. The van der Waals surface area contributed by atoms with Gasteiger partial charge in [0.25, 0.3) is 0 Å². The number of thioether (sulfide) groups is 1. The van der Waals surface area contributed by atoms with Gasteiger partial charge in [-0.1, -0.05) is 29.5 Å². The number of aromatic nitrogens is 1. The van der Waals surface area contributed by atoms with Crippen LogP contribution in [0.4, 0.5) is 0 Å². The Hall–Kier alpha value is -2.59. The number of carbonyl (C=O) groups excluding carboxylic acids is 2. The number of nitrogens with one attached hydrogen (secondary N) is 1. The van der Waals surface area contributed by atoms with Gasteiger partial charge in [0.1, 0.15) is 11.8 Å². The van der Waals surface area contributed by atoms with Crippen molar-refractivity contribution in [1.82, 2.24) is 9.88 Å². The molecular formula is C23H22N2O6S2. The average Bonchev–Trinajstić information content (AvgIpc) is 3.52. The molecule has 6 rings (SSSR count). The highest BCUT2D eigenvalue weighted by atomic mass is 32.2. The van der Waals surface area contributed by atoms with Crippen molar-refractivity contribution in [2.24, 2.45) is 29.6 Å². The van der Waals surface area contributed by atoms with E-state index in [0.717, 1.165) is 32.5 Å². The smallest absolute Gasteiger partial charge is 0.326 e. The van der Waals surface area contributed by atoms with E-state index in [2.05, 4.69) is 4.98 Å². The molecule has 8 nitrogen and oxygen atoms in total. The van der Waals surface area contributed by atoms with Crippen molar-refractivity contribution in [3.63, 3.8) is 0 Å². The number of hydrogen-bond acceptors (Lipinski definition) is 7. The summed E-state index contributed by atoms with van der Waals surface area (Å²) in [5.41, 5.74) is 0.975. The summed E-state index contributed by atoms with van der Waals surface area (Å²) in [5.74, 6) is -2.32. The minimum absolute atomic E-state index is 0.0359. The zero-order chi connectivity index (χ0) is 23.2. The SMILES string of the molecule is COc1ccccc1[C@@H]1c2sc(=O)[nH]c2S[C@@H]2[C@H]3C[C@@H]([C@H]4C(=O)N([C@H](C)C(=O)O)C(=O)[C@@H]34)[C@@H]12. The second kappa shape index (κ2) is 7.20. The van der Waals surface area contributed by atoms with Crippen LogP contribution >= 0.6 is 23.1 Å². The third-order valence-corrected chi connectivity index (χ3v) is 10.6. The summed E-state index contributed by atoms with van der Waals surface area (Å²) in [4.78, 5) is 55.3. The Morgan fingerprint density at radius 1 is 1.18 bits per heavy atom. The van der Waals surface area contributed by atoms with Crippen LogP contribution in [0.3, 0.4) is 0 Å². The number of methoxy groups -OCH3 is 1. The van der Waals surface area contributed by atoms with E-state index < -0.39 is 23.8 Å². The van der Waals surface area contributed by atoms with Crippen molar-refractivity contribution in [2.75, 3.05) is 7.11 Å². The number of carbonyl (C=O) groups is 3. The molecule has 2 bridgehead atoms. The first-order chi connectivity index (χ1) is 15.8. The number of thiazole rings is 1. The van der Waals surface area contributed by atoms with Crippen LogP contribution in [-0.2, 0) is 14.4 Å². The Morgan fingerprint density at radius 2 is 1.88 bits per heavy atom. The number of carboxylic acid groups (broad SMARTS) is 1. The van der Waals surface area contributed by atoms with Gasteiger partial charge in [0.05, 0.1) is 24.0 Å². The topological polar surface area (TPSA) is 117 Å². The minimum Gasteiger partial charge on any atom is -0.496 e. The quantitative estimate of drug-likeness (QED) is 0.638. The summed E-state index contributed by atoms with van der Waals surface area (Å²) in [7, 11) is 1.62. The number of aliphatic carboxylic acids is 1. The summed E-state index contributed by atoms with van der Waals surface area (Å²) in [5, 5.41) is 10.4. The minimum atomic E-state index is -1.18. The van der Waals surface area contributed by atoms with Crippen LogP contribution in [0.1, 0.15) is 29.7 Å². The second-order valence-corrected chi connectivity index (χ2v) is 11.5. The third-order valence-electron chi connectivity index (χ3n) is 7.98. The van der Waals surface area contributed by atoms with Crippen LogP contribution in [0, 0.1) is 29.6 Å². The van der Waals surface area contributed by atoms with Crippen molar-refractivity contribution < 1.29 is 24.2 Å². The van der Waals surface area contributed by atoms with Crippen molar-refractivity contribution in [3.8, 4) is 5.75 Å². The van der Waals surface area contributed by atoms with Crippen molar-refractivity contribution in [2.45, 2.75) is 35.6 Å². The van der Waals surface area contributed by atoms with Gasteiger partial charge in [-0.3, -0.25) is 19.3 Å². The standard InChI is InChI=1S/C23H22N2O6S2/c1-8(22(28)29)25-20(26)15-10-7-11(16(15)21(25)27)17-14(10)13(9-5-3-4-6-12(9)31-2)18-19(32-17)24-23(30)33-18/h3-6,8,10-11,13-17H,7H2,1-2H3,(H,24,30)(H,28,29)/t8-,10-,11+,13+,14+,15-,16+,17-/m1/s1. The molecule has 0 spiro atoms. The van der Waals surface area contributed by atoms with E-state index in [1.165, 1.54) is 18.3 Å². The van der Waals surface area contributed by atoms with Crippen LogP contribution in [-0.4, -0.2) is 51.2 Å². The molecule has 10 heteroatoms. The lowest BCUT2D eigenvalue weighted by molar-refractivity contribution is -0.154. The Balaban J connectivity index is 1.47. The van der Waals surface area contributed by atoms with Gasteiger partial charge in [-0.05, 0) is 37.2 Å². The summed E-state index contributed by atoms with van der Waals surface area (Å²) in [6, 6.07) is 6.58. The molecule has 0 unspecified atom stereocenters. The molecule has 2 N–H and O–H groups in total. The third kappa shape index (κ3) is 2.70. The molecule has 3 fully saturated rings. The average molecular weight is 487 g/mol. The zero-order valence-corrected chi connectivity index (χ0v) is 19.5. The fourth-order valence-corrected chi connectivity index (χ4v) is 9.68. The molecule has 33 heavy (non-hydrogen) atoms. The van der Waals surface area contributed by atoms with E-state index in [1.807, 2.05) is 24.3 Å². The maximum absolute atomic E-state index is 13.4. The monoisotopic (exact) mass is 486 g/mol. The molecule has 2 amide bonds. The highest BCUT2D eigenvalue weighted by Gasteiger charge is 2.70. The van der Waals surface area contributed by atoms with Gasteiger partial charge in [0.2, 0.25) is 11.8 Å². The zero-order valence-electron chi connectivity index (χ0n) is 17.9. The molecule has 1 aromatic heterocycles. The van der Waals surface area contributed by atoms with E-state index >= 15 is 0 Å². The number of carboxylic acids is 1. The molecule has 4 aliphatic rings. The summed E-state index contributed by atoms with van der Waals surface area (Å²) in [6.45, 7) is 1.39. The number of para-hydroxylation sites is 1. The number of fused-ring (bicyclic) bond motifs is 9. The fraction of sp³-hybridized carbons (Fsp3) is 0.478. The highest BCUT2D eigenvalue weighted by Crippen LogP contribution is 2.69. The van der Waals surface area contributed by atoms with E-state index in [0.29, 0.717) is 0 Å². The van der Waals surface area contributed by atoms with Crippen LogP contribution < -0.4 is 9.61 Å². The normalized spacial score (nSPS) is 34.7. The van der Waals surface area contributed by atoms with Gasteiger partial charge in [0.15, 0.2) is 0 Å². The van der Waals surface area contributed by atoms with Gasteiger partial charge in [-0.2, -0.15) is 0 Å². The molecule has 1 aromatic carbocycles. The Labute approximate surface area is 197 Å². The van der Waals surface area contributed by atoms with E-state index in [4.69, 9.17) is 4.74 Å². The lowest BCUT2D eigenvalue weighted by atomic mass is 9.68.